The summed E-state index contributed by atoms with van der Waals surface area (Å²) in [4.78, 5) is 28.4. The molecule has 0 aliphatic carbocycles. The lowest BCUT2D eigenvalue weighted by Crippen LogP contribution is -2.43. The van der Waals surface area contributed by atoms with Crippen LogP contribution in [0, 0.1) is 6.92 Å². The van der Waals surface area contributed by atoms with Gasteiger partial charge in [-0.3, -0.25) is 4.79 Å². The molecule has 4 aromatic rings. The highest BCUT2D eigenvalue weighted by atomic mass is 16.1. The Morgan fingerprint density at radius 2 is 1.84 bits per heavy atom. The number of para-hydroxylation sites is 1. The lowest BCUT2D eigenvalue weighted by molar-refractivity contribution is 0.102. The number of rotatable bonds is 4. The number of aryl methyl sites for hydroxylation is 1. The van der Waals surface area contributed by atoms with Crippen LogP contribution in [0.25, 0.3) is 22.2 Å². The molecule has 1 fully saturated rings. The van der Waals surface area contributed by atoms with Gasteiger partial charge in [0.15, 0.2) is 0 Å². The van der Waals surface area contributed by atoms with E-state index in [0.29, 0.717) is 11.3 Å². The number of fused-ring (bicyclic) bond motifs is 1. The number of hydrogen-bond acceptors (Lipinski definition) is 6. The Morgan fingerprint density at radius 1 is 1.00 bits per heavy atom. The van der Waals surface area contributed by atoms with Crippen LogP contribution in [0.1, 0.15) is 15.9 Å². The topological polar surface area (TPSA) is 83.0 Å². The Bertz CT molecular complexity index is 1260. The number of benzene rings is 2. The molecule has 2 N–H and O–H groups in total. The van der Waals surface area contributed by atoms with Crippen molar-refractivity contribution in [3.8, 4) is 11.3 Å². The zero-order valence-electron chi connectivity index (χ0n) is 17.9. The molecule has 2 aromatic heterocycles. The molecule has 160 valence electrons. The molecule has 5 rings (SSSR count). The van der Waals surface area contributed by atoms with Crippen molar-refractivity contribution in [3.63, 3.8) is 0 Å². The average Bonchev–Trinajstić information content (AvgIpc) is 2.85. The molecule has 0 bridgehead atoms. The molecule has 0 radical (unpaired) electrons. The Labute approximate surface area is 186 Å². The minimum atomic E-state index is -0.188. The second-order valence-electron chi connectivity index (χ2n) is 7.87. The summed E-state index contributed by atoms with van der Waals surface area (Å²) in [7, 11) is 0. The smallest absolute Gasteiger partial charge is 0.257 e. The van der Waals surface area contributed by atoms with E-state index in [2.05, 4.69) is 30.5 Å². The third-order valence-electron chi connectivity index (χ3n) is 5.74. The van der Waals surface area contributed by atoms with Crippen LogP contribution >= 0.6 is 0 Å². The zero-order chi connectivity index (χ0) is 21.9. The predicted octanol–water partition coefficient (Wildman–Crippen LogP) is 3.66. The highest BCUT2D eigenvalue weighted by molar-refractivity contribution is 6.04. The van der Waals surface area contributed by atoms with Crippen molar-refractivity contribution in [2.45, 2.75) is 6.92 Å². The highest BCUT2D eigenvalue weighted by Crippen LogP contribution is 2.30. The Kier molecular flexibility index (Phi) is 5.47. The van der Waals surface area contributed by atoms with Gasteiger partial charge in [-0.15, -0.1) is 0 Å². The van der Waals surface area contributed by atoms with Gasteiger partial charge in [0.1, 0.15) is 12.1 Å². The minimum absolute atomic E-state index is 0.188. The first-order valence-electron chi connectivity index (χ1n) is 10.7. The van der Waals surface area contributed by atoms with E-state index in [1.54, 1.807) is 12.5 Å². The summed E-state index contributed by atoms with van der Waals surface area (Å²) in [6.07, 6.45) is 3.22. The number of aromatic nitrogens is 3. The van der Waals surface area contributed by atoms with Gasteiger partial charge in [0.05, 0.1) is 16.8 Å². The number of nitrogens with one attached hydrogen (secondary N) is 2. The molecule has 1 aliphatic rings. The van der Waals surface area contributed by atoms with E-state index in [1.165, 1.54) is 0 Å². The van der Waals surface area contributed by atoms with Gasteiger partial charge in [-0.05, 0) is 42.8 Å². The van der Waals surface area contributed by atoms with Gasteiger partial charge in [0.2, 0.25) is 0 Å². The molecule has 1 amide bonds. The van der Waals surface area contributed by atoms with Crippen molar-refractivity contribution < 1.29 is 4.79 Å². The van der Waals surface area contributed by atoms with Crippen molar-refractivity contribution in [3.05, 3.63) is 78.2 Å². The summed E-state index contributed by atoms with van der Waals surface area (Å²) >= 11 is 0. The van der Waals surface area contributed by atoms with Crippen molar-refractivity contribution in [1.29, 1.82) is 0 Å². The molecule has 1 aliphatic heterocycles. The van der Waals surface area contributed by atoms with E-state index >= 15 is 0 Å². The maximum absolute atomic E-state index is 12.8. The molecule has 7 nitrogen and oxygen atoms in total. The van der Waals surface area contributed by atoms with E-state index in [4.69, 9.17) is 0 Å². The first-order valence-corrected chi connectivity index (χ1v) is 10.7. The first-order chi connectivity index (χ1) is 15.7. The first kappa shape index (κ1) is 20.1. The molecule has 0 spiro atoms. The number of piperazine rings is 1. The molecule has 0 atom stereocenters. The third kappa shape index (κ3) is 4.02. The number of nitrogens with zero attached hydrogens (tertiary/aromatic N) is 4. The number of carbonyl (C=O) groups excluding carboxylic acids is 1. The number of carbonyl (C=O) groups is 1. The summed E-state index contributed by atoms with van der Waals surface area (Å²) in [6.45, 7) is 5.77. The summed E-state index contributed by atoms with van der Waals surface area (Å²) in [5.74, 6) is 0.711. The van der Waals surface area contributed by atoms with Gasteiger partial charge in [-0.25, -0.2) is 15.0 Å². The van der Waals surface area contributed by atoms with Crippen LogP contribution in [0.15, 0.2) is 67.1 Å². The normalized spacial score (nSPS) is 13.8. The molecule has 2 aromatic carbocycles. The van der Waals surface area contributed by atoms with Crippen molar-refractivity contribution in [2.24, 2.45) is 0 Å². The van der Waals surface area contributed by atoms with Gasteiger partial charge in [-0.2, -0.15) is 0 Å². The van der Waals surface area contributed by atoms with E-state index in [0.717, 1.165) is 59.7 Å². The number of pyridine rings is 1. The van der Waals surface area contributed by atoms with Crippen LogP contribution in [0.4, 0.5) is 11.5 Å². The van der Waals surface area contributed by atoms with Gasteiger partial charge in [0.25, 0.3) is 5.91 Å². The predicted molar refractivity (Wildman–Crippen MR) is 127 cm³/mol. The monoisotopic (exact) mass is 424 g/mol. The molecular weight excluding hydrogens is 400 g/mol. The lowest BCUT2D eigenvalue weighted by Gasteiger charge is -2.28. The molecule has 32 heavy (non-hydrogen) atoms. The Hall–Kier alpha value is -3.84. The van der Waals surface area contributed by atoms with Crippen LogP contribution < -0.4 is 15.5 Å². The second-order valence-corrected chi connectivity index (χ2v) is 7.87. The summed E-state index contributed by atoms with van der Waals surface area (Å²) in [5.41, 5.74) is 5.03. The van der Waals surface area contributed by atoms with Gasteiger partial charge in [0, 0.05) is 49.0 Å². The fourth-order valence-electron chi connectivity index (χ4n) is 3.98. The molecule has 1 saturated heterocycles. The fraction of sp³-hybridized carbons (Fsp3) is 0.200. The average molecular weight is 425 g/mol. The maximum atomic E-state index is 12.8. The van der Waals surface area contributed by atoms with Crippen LogP contribution in [-0.4, -0.2) is 47.0 Å². The molecule has 7 heteroatoms. The van der Waals surface area contributed by atoms with Crippen molar-refractivity contribution in [2.75, 3.05) is 36.4 Å². The Balaban J connectivity index is 1.38. The maximum Gasteiger partial charge on any atom is 0.257 e. The molecule has 0 unspecified atom stereocenters. The summed E-state index contributed by atoms with van der Waals surface area (Å²) < 4.78 is 0. The molecule has 3 heterocycles. The van der Waals surface area contributed by atoms with Gasteiger partial charge in [-0.1, -0.05) is 24.3 Å². The quantitative estimate of drug-likeness (QED) is 0.520. The van der Waals surface area contributed by atoms with E-state index < -0.39 is 0 Å². The minimum Gasteiger partial charge on any atom is -0.354 e. The van der Waals surface area contributed by atoms with Crippen molar-refractivity contribution >= 4 is 28.3 Å². The fourth-order valence-corrected chi connectivity index (χ4v) is 3.98. The van der Waals surface area contributed by atoms with Gasteiger partial charge >= 0.3 is 0 Å². The number of anilines is 2. The van der Waals surface area contributed by atoms with Crippen LogP contribution in [-0.2, 0) is 0 Å². The largest absolute Gasteiger partial charge is 0.354 e. The molecular formula is C25H24N6O. The van der Waals surface area contributed by atoms with E-state index in [9.17, 15) is 4.79 Å². The van der Waals surface area contributed by atoms with Crippen LogP contribution in [0.2, 0.25) is 0 Å². The standard InChI is InChI=1S/C25H24N6O/c1-17-6-8-19(14-21(17)24-20-4-2-3-5-22(20)28-16-29-24)30-25(32)18-7-9-23(27-15-18)31-12-10-26-11-13-31/h2-9,14-16,26H,10-13H2,1H3,(H,30,32). The van der Waals surface area contributed by atoms with Crippen LogP contribution in [0.5, 0.6) is 0 Å². The SMILES string of the molecule is Cc1ccc(NC(=O)c2ccc(N3CCNCC3)nc2)cc1-c1ncnc2ccccc12. The second kappa shape index (κ2) is 8.72. The summed E-state index contributed by atoms with van der Waals surface area (Å²) in [6, 6.07) is 17.5. The van der Waals surface area contributed by atoms with Gasteiger partial charge < -0.3 is 15.5 Å². The number of amides is 1. The molecule has 0 saturated carbocycles. The van der Waals surface area contributed by atoms with Crippen molar-refractivity contribution in [1.82, 2.24) is 20.3 Å². The Morgan fingerprint density at radius 3 is 2.66 bits per heavy atom. The highest BCUT2D eigenvalue weighted by Gasteiger charge is 2.14. The zero-order valence-corrected chi connectivity index (χ0v) is 17.9. The third-order valence-corrected chi connectivity index (χ3v) is 5.74. The van der Waals surface area contributed by atoms with E-state index in [1.807, 2.05) is 61.5 Å². The number of hydrogen-bond donors (Lipinski definition) is 2. The van der Waals surface area contributed by atoms with Crippen LogP contribution in [0.3, 0.4) is 0 Å². The summed E-state index contributed by atoms with van der Waals surface area (Å²) in [5, 5.41) is 7.31. The van der Waals surface area contributed by atoms with E-state index in [-0.39, 0.29) is 5.91 Å². The lowest BCUT2D eigenvalue weighted by atomic mass is 10.0.